The average Bonchev–Trinajstić information content (AvgIpc) is 2.60. The lowest BCUT2D eigenvalue weighted by atomic mass is 10.2. The molecule has 16 heavy (non-hydrogen) atoms. The van der Waals surface area contributed by atoms with E-state index in [1.807, 2.05) is 4.52 Å². The molecule has 0 amide bonds. The molecule has 0 aliphatic carbocycles. The number of rotatable bonds is 4. The second-order valence-corrected chi connectivity index (χ2v) is 4.29. The molecule has 0 unspecified atom stereocenters. The van der Waals surface area contributed by atoms with Crippen LogP contribution in [0.25, 0.3) is 5.78 Å². The highest BCUT2D eigenvalue weighted by Crippen LogP contribution is 2.09. The third-order valence-corrected chi connectivity index (χ3v) is 2.67. The van der Waals surface area contributed by atoms with Crippen molar-refractivity contribution in [2.24, 2.45) is 0 Å². The number of aromatic amines is 1. The molecule has 0 fully saturated rings. The van der Waals surface area contributed by atoms with Gasteiger partial charge in [0.1, 0.15) is 0 Å². The fourth-order valence-corrected chi connectivity index (χ4v) is 2.00. The lowest BCUT2D eigenvalue weighted by Gasteiger charge is -2.05. The molecule has 0 radical (unpaired) electrons. The smallest absolute Gasteiger partial charge is 0.252 e. The van der Waals surface area contributed by atoms with Crippen LogP contribution in [0.5, 0.6) is 0 Å². The molecule has 2 rings (SSSR count). The summed E-state index contributed by atoms with van der Waals surface area (Å²) in [5.74, 6) is 0.694. The van der Waals surface area contributed by atoms with Gasteiger partial charge in [-0.25, -0.2) is 9.50 Å². The predicted octanol–water partition coefficient (Wildman–Crippen LogP) is 2.69. The predicted molar refractivity (Wildman–Crippen MR) is 66.2 cm³/mol. The quantitative estimate of drug-likeness (QED) is 0.830. The van der Waals surface area contributed by atoms with Crippen LogP contribution in [-0.4, -0.2) is 19.6 Å². The highest BCUT2D eigenvalue weighted by atomic mass is 32.1. The zero-order valence-electron chi connectivity index (χ0n) is 9.66. The van der Waals surface area contributed by atoms with Crippen molar-refractivity contribution in [2.75, 3.05) is 0 Å². The SMILES string of the molecule is CCCc1cc(CCC)n2[nH]c(=S)nc2n1. The Bertz CT molecular complexity index is 540. The molecule has 0 aromatic carbocycles. The molecule has 0 bridgehead atoms. The summed E-state index contributed by atoms with van der Waals surface area (Å²) in [4.78, 5) is 8.69. The van der Waals surface area contributed by atoms with E-state index in [2.05, 4.69) is 35.0 Å². The van der Waals surface area contributed by atoms with Gasteiger partial charge in [-0.2, -0.15) is 4.98 Å². The molecule has 0 aliphatic rings. The summed E-state index contributed by atoms with van der Waals surface area (Å²) in [6.45, 7) is 4.32. The first-order chi connectivity index (χ1) is 7.74. The van der Waals surface area contributed by atoms with Crippen molar-refractivity contribution < 1.29 is 0 Å². The molecule has 2 heterocycles. The van der Waals surface area contributed by atoms with Crippen LogP contribution in [0, 0.1) is 4.77 Å². The number of aryl methyl sites for hydroxylation is 2. The van der Waals surface area contributed by atoms with E-state index in [4.69, 9.17) is 12.2 Å². The van der Waals surface area contributed by atoms with Crippen molar-refractivity contribution in [1.29, 1.82) is 0 Å². The maximum absolute atomic E-state index is 5.04. The summed E-state index contributed by atoms with van der Waals surface area (Å²) in [6, 6.07) is 2.15. The van der Waals surface area contributed by atoms with Crippen LogP contribution in [0.3, 0.4) is 0 Å². The molecule has 0 saturated carbocycles. The van der Waals surface area contributed by atoms with Crippen molar-refractivity contribution >= 4 is 18.0 Å². The molecule has 0 aliphatic heterocycles. The van der Waals surface area contributed by atoms with E-state index >= 15 is 0 Å². The summed E-state index contributed by atoms with van der Waals surface area (Å²) >= 11 is 5.04. The summed E-state index contributed by atoms with van der Waals surface area (Å²) in [6.07, 6.45) is 4.20. The summed E-state index contributed by atoms with van der Waals surface area (Å²) in [7, 11) is 0. The minimum Gasteiger partial charge on any atom is -0.265 e. The molecule has 86 valence electrons. The molecular formula is C11H16N4S. The van der Waals surface area contributed by atoms with Gasteiger partial charge in [-0.05, 0) is 31.1 Å². The zero-order chi connectivity index (χ0) is 11.5. The van der Waals surface area contributed by atoms with Gasteiger partial charge in [-0.3, -0.25) is 5.10 Å². The Kier molecular flexibility index (Phi) is 3.33. The van der Waals surface area contributed by atoms with E-state index < -0.39 is 0 Å². The number of H-pyrrole nitrogens is 1. The number of fused-ring (bicyclic) bond motifs is 1. The van der Waals surface area contributed by atoms with Gasteiger partial charge >= 0.3 is 0 Å². The van der Waals surface area contributed by atoms with Gasteiger partial charge in [0, 0.05) is 11.4 Å². The molecule has 2 aromatic heterocycles. The normalized spacial score (nSPS) is 11.1. The molecule has 4 nitrogen and oxygen atoms in total. The van der Waals surface area contributed by atoms with Gasteiger partial charge in [-0.15, -0.1) is 0 Å². The zero-order valence-corrected chi connectivity index (χ0v) is 10.5. The Hall–Kier alpha value is -1.23. The molecule has 1 N–H and O–H groups in total. The Morgan fingerprint density at radius 2 is 2.00 bits per heavy atom. The Labute approximate surface area is 99.7 Å². The van der Waals surface area contributed by atoms with Crippen LogP contribution in [0.4, 0.5) is 0 Å². The van der Waals surface area contributed by atoms with E-state index in [-0.39, 0.29) is 0 Å². The maximum atomic E-state index is 5.04. The second-order valence-electron chi connectivity index (χ2n) is 3.90. The van der Waals surface area contributed by atoms with E-state index in [0.29, 0.717) is 10.5 Å². The summed E-state index contributed by atoms with van der Waals surface area (Å²) in [5, 5.41) is 3.04. The van der Waals surface area contributed by atoms with Gasteiger partial charge in [0.15, 0.2) is 0 Å². The van der Waals surface area contributed by atoms with Crippen LogP contribution in [0.2, 0.25) is 0 Å². The highest BCUT2D eigenvalue weighted by Gasteiger charge is 2.06. The van der Waals surface area contributed by atoms with Gasteiger partial charge in [0.25, 0.3) is 5.78 Å². The number of aromatic nitrogens is 4. The second kappa shape index (κ2) is 4.74. The van der Waals surface area contributed by atoms with Crippen LogP contribution >= 0.6 is 12.2 Å². The van der Waals surface area contributed by atoms with E-state index in [9.17, 15) is 0 Å². The average molecular weight is 236 g/mol. The number of nitrogens with zero attached hydrogens (tertiary/aromatic N) is 3. The molecule has 0 spiro atoms. The third kappa shape index (κ3) is 2.14. The van der Waals surface area contributed by atoms with Crippen molar-refractivity contribution in [1.82, 2.24) is 19.6 Å². The van der Waals surface area contributed by atoms with E-state index in [1.165, 1.54) is 5.69 Å². The van der Waals surface area contributed by atoms with Gasteiger partial charge in [-0.1, -0.05) is 26.7 Å². The van der Waals surface area contributed by atoms with Crippen molar-refractivity contribution in [3.05, 3.63) is 22.2 Å². The van der Waals surface area contributed by atoms with Crippen molar-refractivity contribution in [2.45, 2.75) is 39.5 Å². The van der Waals surface area contributed by atoms with Crippen LogP contribution in [0.1, 0.15) is 38.1 Å². The third-order valence-electron chi connectivity index (χ3n) is 2.49. The summed E-state index contributed by atoms with van der Waals surface area (Å²) < 4.78 is 2.39. The first-order valence-corrected chi connectivity index (χ1v) is 6.13. The van der Waals surface area contributed by atoms with Crippen LogP contribution in [0.15, 0.2) is 6.07 Å². The fourth-order valence-electron chi connectivity index (χ4n) is 1.83. The highest BCUT2D eigenvalue weighted by molar-refractivity contribution is 7.71. The largest absolute Gasteiger partial charge is 0.265 e. The van der Waals surface area contributed by atoms with Gasteiger partial charge in [0.05, 0.1) is 0 Å². The van der Waals surface area contributed by atoms with Crippen molar-refractivity contribution in [3.8, 4) is 0 Å². The first kappa shape index (κ1) is 11.3. The van der Waals surface area contributed by atoms with Crippen LogP contribution in [-0.2, 0) is 12.8 Å². The summed E-state index contributed by atoms with van der Waals surface area (Å²) in [5.41, 5.74) is 2.31. The molecule has 2 aromatic rings. The van der Waals surface area contributed by atoms with E-state index in [1.54, 1.807) is 0 Å². The minimum atomic E-state index is 0.499. The molecule has 0 atom stereocenters. The van der Waals surface area contributed by atoms with Crippen molar-refractivity contribution in [3.63, 3.8) is 0 Å². The lowest BCUT2D eigenvalue weighted by Crippen LogP contribution is -2.03. The van der Waals surface area contributed by atoms with Gasteiger partial charge < -0.3 is 0 Å². The monoisotopic (exact) mass is 236 g/mol. The molecular weight excluding hydrogens is 220 g/mol. The minimum absolute atomic E-state index is 0.499. The Morgan fingerprint density at radius 1 is 1.25 bits per heavy atom. The Morgan fingerprint density at radius 3 is 2.69 bits per heavy atom. The number of nitrogens with one attached hydrogen (secondary N) is 1. The molecule has 5 heteroatoms. The lowest BCUT2D eigenvalue weighted by molar-refractivity contribution is 0.774. The topological polar surface area (TPSA) is 46.0 Å². The number of hydrogen-bond donors (Lipinski definition) is 1. The van der Waals surface area contributed by atoms with Crippen LogP contribution < -0.4 is 0 Å². The fraction of sp³-hybridized carbons (Fsp3) is 0.545. The maximum Gasteiger partial charge on any atom is 0.252 e. The van der Waals surface area contributed by atoms with E-state index in [0.717, 1.165) is 31.4 Å². The standard InChI is InChI=1S/C11H16N4S/c1-3-5-8-7-9(6-4-2)15-10(12-8)13-11(16)14-15/h7H,3-6H2,1-2H3,(H,14,16). The molecule has 0 saturated heterocycles. The first-order valence-electron chi connectivity index (χ1n) is 5.72. The van der Waals surface area contributed by atoms with Gasteiger partial charge in [0.2, 0.25) is 4.77 Å². The Balaban J connectivity index is 2.58. The number of hydrogen-bond acceptors (Lipinski definition) is 3.